The predicted octanol–water partition coefficient (Wildman–Crippen LogP) is 3.26. The fourth-order valence-electron chi connectivity index (χ4n) is 9.83. The van der Waals surface area contributed by atoms with Crippen molar-refractivity contribution < 1.29 is 181 Å². The lowest BCUT2D eigenvalue weighted by Gasteiger charge is -2.32. The minimum absolute atomic E-state index is 0.173. The summed E-state index contributed by atoms with van der Waals surface area (Å²) in [6.07, 6.45) is 0.101. The van der Waals surface area contributed by atoms with E-state index >= 15 is 0 Å². The third-order valence-electron chi connectivity index (χ3n) is 16.2. The second-order valence-electron chi connectivity index (χ2n) is 28.9. The number of nitrogens with one attached hydrogen (secondary N) is 2. The van der Waals surface area contributed by atoms with Gasteiger partial charge in [0.05, 0.1) is 415 Å². The summed E-state index contributed by atoms with van der Waals surface area (Å²) in [4.78, 5) is 52.5. The van der Waals surface area contributed by atoms with E-state index in [2.05, 4.69) is 15.6 Å². The molecule has 43 heteroatoms. The maximum atomic E-state index is 12.1. The Morgan fingerprint density at radius 1 is 0.331 bits per heavy atom. The highest BCUT2D eigenvalue weighted by atomic mass is 16.6. The fraction of sp³-hybridized carbons (Fsp3) is 0.851. The van der Waals surface area contributed by atoms with Crippen LogP contribution in [-0.2, 0) is 156 Å². The summed E-state index contributed by atoms with van der Waals surface area (Å²) in [7, 11) is 1.32. The Bertz CT molecular complexity index is 2780. The van der Waals surface area contributed by atoms with Crippen molar-refractivity contribution in [3.05, 3.63) is 36.0 Å². The van der Waals surface area contributed by atoms with Gasteiger partial charge in [-0.2, -0.15) is 0 Å². The van der Waals surface area contributed by atoms with Gasteiger partial charge in [-0.3, -0.25) is 9.78 Å². The number of carbonyl (C=O) groups is 4. The first-order valence-corrected chi connectivity index (χ1v) is 44.9. The Kier molecular flexibility index (Phi) is 90.0. The zero-order valence-corrected chi connectivity index (χ0v) is 78.9. The molecular formula is C87H161N5O38. The summed E-state index contributed by atoms with van der Waals surface area (Å²) in [5.74, 6) is -0.289. The number of nitrogens with zero attached hydrogens (tertiary/aromatic N) is 2. The number of carboxylic acid groups (broad SMARTS) is 1. The monoisotopic (exact) mass is 1880 g/mol. The van der Waals surface area contributed by atoms with Crippen LogP contribution in [0, 0.1) is 0 Å². The van der Waals surface area contributed by atoms with Gasteiger partial charge in [-0.15, -0.1) is 0 Å². The minimum Gasteiger partial charge on any atom is -0.484 e. The Balaban J connectivity index is 0.00000135. The second kappa shape index (κ2) is 95.4. The number of ether oxygens (including phenoxy) is 33. The first-order valence-electron chi connectivity index (χ1n) is 44.9. The molecule has 0 unspecified atom stereocenters. The molecule has 0 saturated heterocycles. The summed E-state index contributed by atoms with van der Waals surface area (Å²) in [6.45, 7) is 40.4. The number of methoxy groups -OCH3 is 1. The van der Waals surface area contributed by atoms with Gasteiger partial charge in [-0.05, 0) is 59.7 Å². The molecule has 0 radical (unpaired) electrons. The van der Waals surface area contributed by atoms with Gasteiger partial charge in [-0.1, -0.05) is 0 Å². The van der Waals surface area contributed by atoms with Crippen LogP contribution in [0.5, 0.6) is 5.75 Å². The first kappa shape index (κ1) is 123. The van der Waals surface area contributed by atoms with Crippen LogP contribution in [0.25, 0.3) is 10.9 Å². The Morgan fingerprint density at radius 2 is 0.569 bits per heavy atom. The van der Waals surface area contributed by atoms with Crippen LogP contribution in [0.4, 0.5) is 9.59 Å². The van der Waals surface area contributed by atoms with Gasteiger partial charge in [0.25, 0.3) is 5.91 Å². The lowest BCUT2D eigenvalue weighted by Crippen LogP contribution is -2.46. The van der Waals surface area contributed by atoms with E-state index in [1.807, 2.05) is 41.5 Å². The van der Waals surface area contributed by atoms with Gasteiger partial charge < -0.3 is 183 Å². The lowest BCUT2D eigenvalue weighted by molar-refractivity contribution is -0.123. The first-order chi connectivity index (χ1) is 63.6. The topological polar surface area (TPSA) is 459 Å². The number of aromatic nitrogens is 1. The molecule has 43 nitrogen and oxygen atoms in total. The molecule has 0 aliphatic rings. The molecule has 2 rings (SSSR count). The van der Waals surface area contributed by atoms with Crippen molar-refractivity contribution in [1.29, 1.82) is 0 Å². The number of carbonyl (C=O) groups excluding carboxylic acids is 3. The highest BCUT2D eigenvalue weighted by Gasteiger charge is 2.26. The molecule has 0 aliphatic heterocycles. The second-order valence-corrected chi connectivity index (χ2v) is 28.9. The summed E-state index contributed by atoms with van der Waals surface area (Å²) in [5, 5.41) is 15.2. The number of rotatable bonds is 99. The zero-order valence-electron chi connectivity index (χ0n) is 78.9. The van der Waals surface area contributed by atoms with Crippen molar-refractivity contribution in [3.8, 4) is 5.75 Å². The van der Waals surface area contributed by atoms with E-state index in [4.69, 9.17) is 162 Å². The molecule has 1 heterocycles. The third-order valence-corrected chi connectivity index (χ3v) is 16.2. The Hall–Kier alpha value is -5.33. The number of fused-ring (bicyclic) bond motifs is 1. The fourth-order valence-corrected chi connectivity index (χ4v) is 9.83. The van der Waals surface area contributed by atoms with Gasteiger partial charge in [0.1, 0.15) is 11.4 Å². The molecule has 0 aliphatic carbocycles. The smallest absolute Gasteiger partial charge is 0.407 e. The van der Waals surface area contributed by atoms with Crippen LogP contribution in [-0.4, -0.2) is 487 Å². The maximum Gasteiger partial charge on any atom is 0.407 e. The van der Waals surface area contributed by atoms with Crippen LogP contribution in [0.2, 0.25) is 0 Å². The minimum atomic E-state index is -0.955. The molecule has 130 heavy (non-hydrogen) atoms. The zero-order chi connectivity index (χ0) is 94.1. The molecule has 0 saturated carbocycles. The van der Waals surface area contributed by atoms with Gasteiger partial charge in [0.2, 0.25) is 0 Å². The van der Waals surface area contributed by atoms with Crippen molar-refractivity contribution in [2.45, 2.75) is 52.7 Å². The van der Waals surface area contributed by atoms with E-state index in [9.17, 15) is 24.3 Å². The number of pyridine rings is 1. The van der Waals surface area contributed by atoms with E-state index in [0.29, 0.717) is 445 Å². The van der Waals surface area contributed by atoms with E-state index in [0.717, 1.165) is 0 Å². The van der Waals surface area contributed by atoms with Crippen LogP contribution in [0.1, 0.15) is 51.9 Å². The summed E-state index contributed by atoms with van der Waals surface area (Å²) in [5.41, 5.74) is 5.31. The molecule has 0 spiro atoms. The predicted molar refractivity (Wildman–Crippen MR) is 474 cm³/mol. The number of benzene rings is 1. The van der Waals surface area contributed by atoms with Gasteiger partial charge in [0.15, 0.2) is 6.61 Å². The molecule has 0 atom stereocenters. The van der Waals surface area contributed by atoms with Crippen LogP contribution in [0.15, 0.2) is 30.5 Å². The number of nitrogens with two attached hydrogens (primary N) is 1. The lowest BCUT2D eigenvalue weighted by atomic mass is 10.1. The van der Waals surface area contributed by atoms with Gasteiger partial charge >= 0.3 is 18.2 Å². The Morgan fingerprint density at radius 3 is 0.800 bits per heavy atom. The number of hydrogen-bond donors (Lipinski definition) is 4. The van der Waals surface area contributed by atoms with Crippen molar-refractivity contribution in [3.63, 3.8) is 0 Å². The van der Waals surface area contributed by atoms with Crippen molar-refractivity contribution in [2.24, 2.45) is 5.73 Å². The van der Waals surface area contributed by atoms with Crippen LogP contribution in [0.3, 0.4) is 0 Å². The number of esters is 1. The van der Waals surface area contributed by atoms with Crippen molar-refractivity contribution in [1.82, 2.24) is 20.5 Å². The van der Waals surface area contributed by atoms with Crippen LogP contribution >= 0.6 is 0 Å². The molecule has 1 aromatic heterocycles. The molecule has 5 N–H and O–H groups in total. The number of amides is 3. The SMILES string of the molecule is CC(C)(C)N(CCOCCOCCOCCOCCOCCOCCOCCOCCOCCOCCOCCOCCOCCOCCOCCN)C(=O)O.COC(=O)c1ccnc2cc(OCC(=O)NCCOCCOCCOCCOCCOCCOCCOCCOCCOCCOCCOCCOCCOCCOCCOCCNC(=O)OC(C)(C)C)ccc12. The standard InChI is InChI=1S/C50H85N3O21.C37H76N2O17/c1-50(2,3)74-49(56)53-10-12-59-14-16-61-18-20-63-22-24-65-26-28-67-30-32-69-34-36-71-38-40-72-39-37-70-35-33-68-31-29-66-27-25-64-23-21-62-19-17-60-15-13-58-11-9-52-47(54)42-73-43-5-6-44-45(48(55)57-4)7-8-51-46(44)41-43;1-37(2,3)39(36(40)41)5-7-43-9-11-45-13-15-47-17-19-49-21-23-51-25-27-53-29-31-55-33-35-56-34-32-54-30-28-52-26-24-50-22-20-48-18-16-46-14-12-44-10-8-42-6-4-38/h5-8,41H,9-40,42H2,1-4H3,(H,52,54)(H,53,56);4-35,38H2,1-3H3,(H,40,41). The van der Waals surface area contributed by atoms with E-state index < -0.39 is 29.3 Å². The molecule has 1 aromatic carbocycles. The molecular weight excluding hydrogens is 1720 g/mol. The largest absolute Gasteiger partial charge is 0.484 e. The average molecular weight is 1890 g/mol. The van der Waals surface area contributed by atoms with Crippen molar-refractivity contribution in [2.75, 3.05) is 436 Å². The summed E-state index contributed by atoms with van der Waals surface area (Å²) >= 11 is 0. The normalized spacial score (nSPS) is 11.7. The van der Waals surface area contributed by atoms with E-state index in [-0.39, 0.29) is 12.5 Å². The number of alkyl carbamates (subject to hydrolysis) is 1. The van der Waals surface area contributed by atoms with E-state index in [1.165, 1.54) is 18.2 Å². The molecule has 3 amide bonds. The highest BCUT2D eigenvalue weighted by molar-refractivity contribution is 6.03. The maximum absolute atomic E-state index is 12.1. The van der Waals surface area contributed by atoms with Crippen LogP contribution < -0.4 is 21.1 Å². The highest BCUT2D eigenvalue weighted by Crippen LogP contribution is 2.23. The summed E-state index contributed by atoms with van der Waals surface area (Å²) in [6, 6.07) is 6.63. The average Bonchev–Trinajstić information content (AvgIpc) is 0.807. The summed E-state index contributed by atoms with van der Waals surface area (Å²) < 4.78 is 180. The molecule has 762 valence electrons. The quantitative estimate of drug-likeness (QED) is 0.0545. The third kappa shape index (κ3) is 88.0. The molecule has 0 bridgehead atoms. The number of hydrogen-bond acceptors (Lipinski definition) is 39. The van der Waals surface area contributed by atoms with Gasteiger partial charge in [0, 0.05) is 49.4 Å². The molecule has 0 fully saturated rings. The molecule has 2 aromatic rings. The van der Waals surface area contributed by atoms with Crippen molar-refractivity contribution >= 4 is 35.0 Å². The Labute approximate surface area is 769 Å². The van der Waals surface area contributed by atoms with E-state index in [1.54, 1.807) is 24.3 Å². The van der Waals surface area contributed by atoms with Gasteiger partial charge in [-0.25, -0.2) is 14.4 Å².